The molecule has 0 radical (unpaired) electrons. The molecule has 1 aromatic rings. The van der Waals surface area contributed by atoms with Gasteiger partial charge in [0, 0.05) is 19.2 Å². The highest BCUT2D eigenvalue weighted by molar-refractivity contribution is 9.10. The van der Waals surface area contributed by atoms with Gasteiger partial charge in [0.25, 0.3) is 0 Å². The molecule has 0 aliphatic heterocycles. The van der Waals surface area contributed by atoms with Crippen LogP contribution in [0.25, 0.3) is 0 Å². The van der Waals surface area contributed by atoms with Gasteiger partial charge in [-0.1, -0.05) is 0 Å². The zero-order valence-electron chi connectivity index (χ0n) is 8.52. The molecule has 0 spiro atoms. The van der Waals surface area contributed by atoms with E-state index >= 15 is 0 Å². The molecule has 1 rings (SSSR count). The molecule has 0 atom stereocenters. The van der Waals surface area contributed by atoms with E-state index in [0.29, 0.717) is 5.95 Å². The lowest BCUT2D eigenvalue weighted by Gasteiger charge is -2.10. The van der Waals surface area contributed by atoms with Crippen LogP contribution in [-0.2, 0) is 0 Å². The van der Waals surface area contributed by atoms with Crippen LogP contribution in [-0.4, -0.2) is 22.4 Å². The first kappa shape index (κ1) is 12.3. The summed E-state index contributed by atoms with van der Waals surface area (Å²) in [6, 6.07) is 0. The van der Waals surface area contributed by atoms with E-state index in [1.807, 2.05) is 6.92 Å². The van der Waals surface area contributed by atoms with Gasteiger partial charge in [0.1, 0.15) is 0 Å². The van der Waals surface area contributed by atoms with Gasteiger partial charge in [0.2, 0.25) is 11.9 Å². The van der Waals surface area contributed by atoms with Gasteiger partial charge in [0.15, 0.2) is 0 Å². The third kappa shape index (κ3) is 4.51. The molecule has 0 amide bonds. The second kappa shape index (κ2) is 4.83. The Labute approximate surface area is 95.4 Å². The number of aromatic nitrogens is 2. The fraction of sp³-hybridized carbons (Fsp3) is 0.556. The highest BCUT2D eigenvalue weighted by Crippen LogP contribution is 2.17. The number of alkyl halides is 2. The van der Waals surface area contributed by atoms with Crippen LogP contribution in [0.3, 0.4) is 0 Å². The Kier molecular flexibility index (Phi) is 3.96. The third-order valence-corrected chi connectivity index (χ3v) is 2.55. The van der Waals surface area contributed by atoms with Gasteiger partial charge in [-0.2, -0.15) is 0 Å². The van der Waals surface area contributed by atoms with Crippen LogP contribution in [0.15, 0.2) is 10.7 Å². The van der Waals surface area contributed by atoms with Crippen LogP contribution >= 0.6 is 15.9 Å². The first-order valence-corrected chi connectivity index (χ1v) is 5.28. The number of hydrogen-bond acceptors (Lipinski definition) is 3. The fourth-order valence-corrected chi connectivity index (χ4v) is 1.12. The summed E-state index contributed by atoms with van der Waals surface area (Å²) < 4.78 is 25.8. The maximum absolute atomic E-state index is 12.5. The van der Waals surface area contributed by atoms with E-state index in [9.17, 15) is 8.78 Å². The molecular weight excluding hydrogens is 268 g/mol. The second-order valence-electron chi connectivity index (χ2n) is 3.37. The topological polar surface area (TPSA) is 37.8 Å². The van der Waals surface area contributed by atoms with E-state index in [-0.39, 0.29) is 13.0 Å². The molecule has 0 saturated carbocycles. The summed E-state index contributed by atoms with van der Waals surface area (Å²) in [5.41, 5.74) is 0.774. The molecule has 84 valence electrons. The average molecular weight is 280 g/mol. The SMILES string of the molecule is Cc1nc(NCCC(C)(F)F)ncc1Br. The molecule has 3 nitrogen and oxygen atoms in total. The van der Waals surface area contributed by atoms with E-state index in [2.05, 4.69) is 31.2 Å². The second-order valence-corrected chi connectivity index (χ2v) is 4.23. The Morgan fingerprint density at radius 3 is 2.73 bits per heavy atom. The molecule has 0 fully saturated rings. The number of anilines is 1. The minimum absolute atomic E-state index is 0.157. The molecule has 0 aromatic carbocycles. The molecule has 0 aliphatic carbocycles. The molecule has 15 heavy (non-hydrogen) atoms. The Balaban J connectivity index is 2.48. The summed E-state index contributed by atoms with van der Waals surface area (Å²) in [5, 5.41) is 2.75. The molecule has 0 aliphatic rings. The van der Waals surface area contributed by atoms with Crippen molar-refractivity contribution in [1.82, 2.24) is 9.97 Å². The molecule has 0 saturated heterocycles. The largest absolute Gasteiger partial charge is 0.354 e. The smallest absolute Gasteiger partial charge is 0.247 e. The number of rotatable bonds is 4. The lowest BCUT2D eigenvalue weighted by atomic mass is 10.3. The van der Waals surface area contributed by atoms with Gasteiger partial charge in [0.05, 0.1) is 10.2 Å². The van der Waals surface area contributed by atoms with Gasteiger partial charge in [-0.05, 0) is 29.8 Å². The highest BCUT2D eigenvalue weighted by Gasteiger charge is 2.19. The van der Waals surface area contributed by atoms with Crippen LogP contribution < -0.4 is 5.32 Å². The highest BCUT2D eigenvalue weighted by atomic mass is 79.9. The number of hydrogen-bond donors (Lipinski definition) is 1. The van der Waals surface area contributed by atoms with Crippen molar-refractivity contribution in [1.29, 1.82) is 0 Å². The van der Waals surface area contributed by atoms with E-state index in [0.717, 1.165) is 17.1 Å². The summed E-state index contributed by atoms with van der Waals surface area (Å²) in [6.45, 7) is 2.86. The molecule has 1 N–H and O–H groups in total. The lowest BCUT2D eigenvalue weighted by molar-refractivity contribution is 0.0166. The molecule has 1 aromatic heterocycles. The average Bonchev–Trinajstić information content (AvgIpc) is 2.09. The minimum atomic E-state index is -2.66. The summed E-state index contributed by atoms with van der Waals surface area (Å²) in [6.07, 6.45) is 1.36. The fourth-order valence-electron chi connectivity index (χ4n) is 0.931. The van der Waals surface area contributed by atoms with Crippen molar-refractivity contribution in [2.45, 2.75) is 26.2 Å². The van der Waals surface area contributed by atoms with E-state index in [1.54, 1.807) is 6.20 Å². The third-order valence-electron chi connectivity index (χ3n) is 1.77. The predicted molar refractivity (Wildman–Crippen MR) is 58.2 cm³/mol. The van der Waals surface area contributed by atoms with E-state index < -0.39 is 5.92 Å². The Bertz CT molecular complexity index is 339. The Morgan fingerprint density at radius 1 is 1.53 bits per heavy atom. The zero-order chi connectivity index (χ0) is 11.5. The summed E-state index contributed by atoms with van der Waals surface area (Å²) in [7, 11) is 0. The molecule has 0 bridgehead atoms. The monoisotopic (exact) mass is 279 g/mol. The van der Waals surface area contributed by atoms with Crippen molar-refractivity contribution in [3.05, 3.63) is 16.4 Å². The molecular formula is C9H12BrF2N3. The van der Waals surface area contributed by atoms with Crippen LogP contribution in [0.5, 0.6) is 0 Å². The number of nitrogens with zero attached hydrogens (tertiary/aromatic N) is 2. The minimum Gasteiger partial charge on any atom is -0.354 e. The summed E-state index contributed by atoms with van der Waals surface area (Å²) in [5.74, 6) is -2.28. The Hall–Kier alpha value is -0.780. The van der Waals surface area contributed by atoms with Gasteiger partial charge in [-0.25, -0.2) is 18.7 Å². The van der Waals surface area contributed by atoms with Crippen molar-refractivity contribution in [2.75, 3.05) is 11.9 Å². The van der Waals surface area contributed by atoms with Gasteiger partial charge < -0.3 is 5.32 Å². The van der Waals surface area contributed by atoms with Gasteiger partial charge in [-0.3, -0.25) is 0 Å². The maximum Gasteiger partial charge on any atom is 0.247 e. The van der Waals surface area contributed by atoms with Crippen LogP contribution in [0.4, 0.5) is 14.7 Å². The van der Waals surface area contributed by atoms with Crippen molar-refractivity contribution >= 4 is 21.9 Å². The first-order valence-electron chi connectivity index (χ1n) is 4.49. The van der Waals surface area contributed by atoms with Gasteiger partial charge >= 0.3 is 0 Å². The van der Waals surface area contributed by atoms with Crippen LogP contribution in [0.1, 0.15) is 19.0 Å². The number of aryl methyl sites for hydroxylation is 1. The van der Waals surface area contributed by atoms with Crippen molar-refractivity contribution < 1.29 is 8.78 Å². The quantitative estimate of drug-likeness (QED) is 0.921. The standard InChI is InChI=1S/C9H12BrF2N3/c1-6-7(10)5-14-8(15-6)13-4-3-9(2,11)12/h5H,3-4H2,1-2H3,(H,13,14,15). The maximum atomic E-state index is 12.5. The van der Waals surface area contributed by atoms with E-state index in [4.69, 9.17) is 0 Å². The van der Waals surface area contributed by atoms with Crippen molar-refractivity contribution in [2.24, 2.45) is 0 Å². The Morgan fingerprint density at radius 2 is 2.20 bits per heavy atom. The lowest BCUT2D eigenvalue weighted by Crippen LogP contribution is -2.17. The van der Waals surface area contributed by atoms with Crippen LogP contribution in [0, 0.1) is 6.92 Å². The zero-order valence-corrected chi connectivity index (χ0v) is 10.1. The first-order chi connectivity index (χ1) is 6.88. The van der Waals surface area contributed by atoms with Crippen molar-refractivity contribution in [3.8, 4) is 0 Å². The molecule has 0 unspecified atom stereocenters. The number of halogens is 3. The predicted octanol–water partition coefficient (Wildman–Crippen LogP) is 3.00. The van der Waals surface area contributed by atoms with Crippen molar-refractivity contribution in [3.63, 3.8) is 0 Å². The molecule has 6 heteroatoms. The summed E-state index contributed by atoms with van der Waals surface area (Å²) >= 11 is 3.26. The van der Waals surface area contributed by atoms with Crippen LogP contribution in [0.2, 0.25) is 0 Å². The molecule has 1 heterocycles. The van der Waals surface area contributed by atoms with E-state index in [1.165, 1.54) is 0 Å². The normalized spacial score (nSPS) is 11.5. The number of nitrogens with one attached hydrogen (secondary N) is 1. The van der Waals surface area contributed by atoms with Gasteiger partial charge in [-0.15, -0.1) is 0 Å². The summed E-state index contributed by atoms with van der Waals surface area (Å²) in [4.78, 5) is 8.02.